The first-order valence-corrected chi connectivity index (χ1v) is 7.26. The summed E-state index contributed by atoms with van der Waals surface area (Å²) in [4.78, 5) is 13.5. The lowest BCUT2D eigenvalue weighted by atomic mass is 10.2. The molecule has 0 saturated heterocycles. The van der Waals surface area contributed by atoms with E-state index in [9.17, 15) is 9.90 Å². The molecule has 0 aliphatic rings. The number of aromatic nitrogens is 2. The average Bonchev–Trinajstić information content (AvgIpc) is 2.66. The highest BCUT2D eigenvalue weighted by molar-refractivity contribution is 7.98. The molecule has 0 bridgehead atoms. The summed E-state index contributed by atoms with van der Waals surface area (Å²) in [5.74, 6) is 0.555. The summed E-state index contributed by atoms with van der Waals surface area (Å²) >= 11 is 1.62. The number of aliphatic hydroxyl groups is 1. The standard InChI is InChI=1S/C12H21N3O2S/c1-9-10(7-13-15(9)3)8-14(2)12(17)11(16)5-6-18-4/h7,11,16H,5-6,8H2,1-4H3. The number of aryl methyl sites for hydroxylation is 1. The van der Waals surface area contributed by atoms with E-state index in [1.54, 1.807) is 34.6 Å². The molecule has 1 aromatic heterocycles. The van der Waals surface area contributed by atoms with E-state index < -0.39 is 6.10 Å². The molecule has 1 unspecified atom stereocenters. The maximum absolute atomic E-state index is 11.9. The number of amides is 1. The fourth-order valence-corrected chi connectivity index (χ4v) is 2.10. The molecule has 0 spiro atoms. The van der Waals surface area contributed by atoms with Crippen LogP contribution in [0.3, 0.4) is 0 Å². The molecule has 0 aliphatic carbocycles. The zero-order chi connectivity index (χ0) is 13.7. The van der Waals surface area contributed by atoms with E-state index in [0.29, 0.717) is 13.0 Å². The first kappa shape index (κ1) is 15.0. The topological polar surface area (TPSA) is 58.4 Å². The van der Waals surface area contributed by atoms with E-state index in [0.717, 1.165) is 17.0 Å². The summed E-state index contributed by atoms with van der Waals surface area (Å²) in [6, 6.07) is 0. The molecule has 1 N–H and O–H groups in total. The second-order valence-corrected chi connectivity index (χ2v) is 5.36. The highest BCUT2D eigenvalue weighted by Gasteiger charge is 2.20. The van der Waals surface area contributed by atoms with Crippen molar-refractivity contribution in [2.45, 2.75) is 26.0 Å². The van der Waals surface area contributed by atoms with E-state index in [2.05, 4.69) is 5.10 Å². The molecular formula is C12H21N3O2S. The number of hydrogen-bond acceptors (Lipinski definition) is 4. The summed E-state index contributed by atoms with van der Waals surface area (Å²) in [6.45, 7) is 2.44. The van der Waals surface area contributed by atoms with E-state index in [1.165, 1.54) is 0 Å². The van der Waals surface area contributed by atoms with Gasteiger partial charge in [0.1, 0.15) is 6.10 Å². The van der Waals surface area contributed by atoms with Gasteiger partial charge in [-0.1, -0.05) is 0 Å². The minimum Gasteiger partial charge on any atom is -0.383 e. The lowest BCUT2D eigenvalue weighted by Gasteiger charge is -2.20. The van der Waals surface area contributed by atoms with Crippen LogP contribution in [0.5, 0.6) is 0 Å². The number of carbonyl (C=O) groups excluding carboxylic acids is 1. The maximum atomic E-state index is 11.9. The van der Waals surface area contributed by atoms with Crippen molar-refractivity contribution < 1.29 is 9.90 Å². The molecule has 0 aromatic carbocycles. The molecule has 5 nitrogen and oxygen atoms in total. The molecule has 0 saturated carbocycles. The summed E-state index contributed by atoms with van der Waals surface area (Å²) in [7, 11) is 3.57. The number of carbonyl (C=O) groups is 1. The van der Waals surface area contributed by atoms with Crippen LogP contribution < -0.4 is 0 Å². The third-order valence-electron chi connectivity index (χ3n) is 3.00. The van der Waals surface area contributed by atoms with E-state index in [-0.39, 0.29) is 5.91 Å². The van der Waals surface area contributed by atoms with Crippen molar-refractivity contribution in [1.29, 1.82) is 0 Å². The first-order chi connectivity index (χ1) is 8.47. The Hall–Kier alpha value is -1.01. The predicted molar refractivity (Wildman–Crippen MR) is 73.4 cm³/mol. The zero-order valence-electron chi connectivity index (χ0n) is 11.4. The summed E-state index contributed by atoms with van der Waals surface area (Å²) < 4.78 is 1.78. The lowest BCUT2D eigenvalue weighted by Crippen LogP contribution is -2.36. The van der Waals surface area contributed by atoms with Gasteiger partial charge in [-0.2, -0.15) is 16.9 Å². The second-order valence-electron chi connectivity index (χ2n) is 4.37. The number of nitrogens with zero attached hydrogens (tertiary/aromatic N) is 3. The van der Waals surface area contributed by atoms with Gasteiger partial charge >= 0.3 is 0 Å². The number of rotatable bonds is 6. The van der Waals surface area contributed by atoms with Crippen molar-refractivity contribution in [3.63, 3.8) is 0 Å². The Labute approximate surface area is 112 Å². The van der Waals surface area contributed by atoms with Crippen molar-refractivity contribution in [3.05, 3.63) is 17.5 Å². The Bertz CT molecular complexity index is 406. The summed E-state index contributed by atoms with van der Waals surface area (Å²) in [5.41, 5.74) is 2.04. The monoisotopic (exact) mass is 271 g/mol. The predicted octanol–water partition coefficient (Wildman–Crippen LogP) is 0.801. The van der Waals surface area contributed by atoms with Gasteiger partial charge in [0.2, 0.25) is 0 Å². The van der Waals surface area contributed by atoms with Gasteiger partial charge in [0.05, 0.1) is 6.20 Å². The first-order valence-electron chi connectivity index (χ1n) is 5.86. The van der Waals surface area contributed by atoms with Crippen molar-refractivity contribution in [3.8, 4) is 0 Å². The minimum absolute atomic E-state index is 0.229. The van der Waals surface area contributed by atoms with Crippen LogP contribution in [0.25, 0.3) is 0 Å². The van der Waals surface area contributed by atoms with E-state index >= 15 is 0 Å². The highest BCUT2D eigenvalue weighted by Crippen LogP contribution is 2.10. The Kier molecular flexibility index (Phi) is 5.68. The second kappa shape index (κ2) is 6.80. The highest BCUT2D eigenvalue weighted by atomic mass is 32.2. The summed E-state index contributed by atoms with van der Waals surface area (Å²) in [5, 5.41) is 13.9. The Morgan fingerprint density at radius 2 is 2.33 bits per heavy atom. The fraction of sp³-hybridized carbons (Fsp3) is 0.667. The quantitative estimate of drug-likeness (QED) is 0.831. The van der Waals surface area contributed by atoms with Gasteiger partial charge in [-0.3, -0.25) is 9.48 Å². The van der Waals surface area contributed by atoms with E-state index in [4.69, 9.17) is 0 Å². The minimum atomic E-state index is -0.903. The van der Waals surface area contributed by atoms with Gasteiger partial charge in [-0.15, -0.1) is 0 Å². The molecule has 18 heavy (non-hydrogen) atoms. The largest absolute Gasteiger partial charge is 0.383 e. The average molecular weight is 271 g/mol. The Balaban J connectivity index is 2.57. The molecular weight excluding hydrogens is 250 g/mol. The van der Waals surface area contributed by atoms with Crippen LogP contribution in [-0.4, -0.2) is 50.9 Å². The van der Waals surface area contributed by atoms with Gasteiger partial charge < -0.3 is 10.0 Å². The van der Waals surface area contributed by atoms with Crippen LogP contribution >= 0.6 is 11.8 Å². The molecule has 1 amide bonds. The van der Waals surface area contributed by atoms with E-state index in [1.807, 2.05) is 20.2 Å². The van der Waals surface area contributed by atoms with Crippen LogP contribution in [0, 0.1) is 6.92 Å². The molecule has 1 atom stereocenters. The van der Waals surface area contributed by atoms with Crippen molar-refractivity contribution >= 4 is 17.7 Å². The third-order valence-corrected chi connectivity index (χ3v) is 3.65. The third kappa shape index (κ3) is 3.74. The van der Waals surface area contributed by atoms with Crippen molar-refractivity contribution in [2.24, 2.45) is 7.05 Å². The molecule has 1 rings (SSSR count). The normalized spacial score (nSPS) is 12.5. The molecule has 0 fully saturated rings. The lowest BCUT2D eigenvalue weighted by molar-refractivity contribution is -0.139. The van der Waals surface area contributed by atoms with Gasteiger partial charge in [-0.05, 0) is 25.4 Å². The van der Waals surface area contributed by atoms with Crippen molar-refractivity contribution in [1.82, 2.24) is 14.7 Å². The smallest absolute Gasteiger partial charge is 0.251 e. The SMILES string of the molecule is CSCCC(O)C(=O)N(C)Cc1cnn(C)c1C. The number of hydrogen-bond donors (Lipinski definition) is 1. The molecule has 102 valence electrons. The maximum Gasteiger partial charge on any atom is 0.251 e. The Morgan fingerprint density at radius 1 is 1.67 bits per heavy atom. The van der Waals surface area contributed by atoms with Gasteiger partial charge in [-0.25, -0.2) is 0 Å². The molecule has 6 heteroatoms. The number of aliphatic hydroxyl groups excluding tert-OH is 1. The van der Waals surface area contributed by atoms with Gasteiger partial charge in [0.15, 0.2) is 0 Å². The number of likely N-dealkylation sites (N-methyl/N-ethyl adjacent to an activating group) is 1. The fourth-order valence-electron chi connectivity index (χ4n) is 1.64. The molecule has 1 heterocycles. The molecule has 0 aliphatic heterocycles. The van der Waals surface area contributed by atoms with Crippen LogP contribution in [0.4, 0.5) is 0 Å². The number of thioether (sulfide) groups is 1. The van der Waals surface area contributed by atoms with Crippen LogP contribution in [0.1, 0.15) is 17.7 Å². The molecule has 0 radical (unpaired) electrons. The summed E-state index contributed by atoms with van der Waals surface area (Å²) in [6.07, 6.45) is 3.31. The van der Waals surface area contributed by atoms with Crippen LogP contribution in [0.15, 0.2) is 6.20 Å². The molecule has 1 aromatic rings. The van der Waals surface area contributed by atoms with Crippen LogP contribution in [0.2, 0.25) is 0 Å². The van der Waals surface area contributed by atoms with Gasteiger partial charge in [0.25, 0.3) is 5.91 Å². The van der Waals surface area contributed by atoms with Crippen molar-refractivity contribution in [2.75, 3.05) is 19.1 Å². The van der Waals surface area contributed by atoms with Gasteiger partial charge in [0, 0.05) is 31.9 Å². The Morgan fingerprint density at radius 3 is 2.83 bits per heavy atom. The zero-order valence-corrected chi connectivity index (χ0v) is 12.2. The van der Waals surface area contributed by atoms with Crippen LogP contribution in [-0.2, 0) is 18.4 Å².